The van der Waals surface area contributed by atoms with Gasteiger partial charge in [-0.3, -0.25) is 24.1 Å². The van der Waals surface area contributed by atoms with E-state index in [4.69, 9.17) is 23.9 Å². The highest BCUT2D eigenvalue weighted by Crippen LogP contribution is 2.52. The summed E-state index contributed by atoms with van der Waals surface area (Å²) in [5, 5.41) is 23.6. The van der Waals surface area contributed by atoms with Crippen molar-refractivity contribution in [3.8, 4) is 17.2 Å². The number of nitrogens with one attached hydrogen (secondary N) is 1. The van der Waals surface area contributed by atoms with E-state index in [1.165, 1.54) is 21.6 Å². The number of piperidine rings is 1. The van der Waals surface area contributed by atoms with E-state index in [-0.39, 0.29) is 35.3 Å². The lowest BCUT2D eigenvalue weighted by atomic mass is 9.79. The summed E-state index contributed by atoms with van der Waals surface area (Å²) in [4.78, 5) is 96.2. The number of hydrogen-bond acceptors (Lipinski definition) is 16. The van der Waals surface area contributed by atoms with E-state index in [1.54, 1.807) is 66.2 Å². The lowest BCUT2D eigenvalue weighted by molar-refractivity contribution is -0.164. The second kappa shape index (κ2) is 24.0. The quantitative estimate of drug-likeness (QED) is 0.0460. The molecule has 4 aliphatic rings. The van der Waals surface area contributed by atoms with Crippen LogP contribution in [0.15, 0.2) is 65.3 Å². The van der Waals surface area contributed by atoms with Crippen LogP contribution >= 0.6 is 11.8 Å². The lowest BCUT2D eigenvalue weighted by Gasteiger charge is -2.46. The van der Waals surface area contributed by atoms with Crippen molar-refractivity contribution < 1.29 is 57.9 Å². The number of rotatable bonds is 23. The number of fused-ring (bicyclic) bond motifs is 1. The number of aryl methyl sites for hydroxylation is 1. The van der Waals surface area contributed by atoms with Crippen LogP contribution < -0.4 is 19.5 Å². The van der Waals surface area contributed by atoms with Gasteiger partial charge in [-0.2, -0.15) is 0 Å². The number of ketones is 1. The number of amides is 3. The number of carboxylic acid groups (broad SMARTS) is 1. The predicted octanol–water partition coefficient (Wildman–Crippen LogP) is 5.51. The number of aliphatic hydroxyl groups excluding tert-OH is 1. The molecule has 0 spiro atoms. The molecule has 4 aliphatic heterocycles. The van der Waals surface area contributed by atoms with E-state index in [0.29, 0.717) is 110 Å². The third kappa shape index (κ3) is 12.1. The normalized spacial score (nSPS) is 22.6. The number of methoxy groups -OCH3 is 2. The van der Waals surface area contributed by atoms with E-state index in [2.05, 4.69) is 10.3 Å². The molecule has 74 heavy (non-hydrogen) atoms. The van der Waals surface area contributed by atoms with Crippen LogP contribution in [-0.4, -0.2) is 159 Å². The van der Waals surface area contributed by atoms with Crippen LogP contribution in [-0.2, 0) is 46.5 Å². The van der Waals surface area contributed by atoms with E-state index >= 15 is 0 Å². The first-order valence-corrected chi connectivity index (χ1v) is 26.3. The molecular formula is C54H71N7O12S. The number of carbonyl (C=O) groups is 6. The largest absolute Gasteiger partial charge is 0.493 e. The van der Waals surface area contributed by atoms with Gasteiger partial charge in [0.05, 0.1) is 50.6 Å². The molecule has 3 amide bonds. The molecule has 400 valence electrons. The maximum Gasteiger partial charge on any atom is 0.353 e. The van der Waals surface area contributed by atoms with E-state index in [1.807, 2.05) is 61.2 Å². The Hall–Kier alpha value is -6.25. The van der Waals surface area contributed by atoms with Gasteiger partial charge in [0.25, 0.3) is 5.91 Å². The van der Waals surface area contributed by atoms with Crippen LogP contribution in [0.3, 0.4) is 0 Å². The van der Waals surface area contributed by atoms with Crippen molar-refractivity contribution in [3.05, 3.63) is 82.2 Å². The van der Waals surface area contributed by atoms with Crippen molar-refractivity contribution >= 4 is 53.2 Å². The third-order valence-electron chi connectivity index (χ3n) is 14.8. The Morgan fingerprint density at radius 3 is 2.46 bits per heavy atom. The maximum absolute atomic E-state index is 14.2. The summed E-state index contributed by atoms with van der Waals surface area (Å²) in [6.45, 7) is 10.4. The van der Waals surface area contributed by atoms with Gasteiger partial charge in [-0.05, 0) is 93.3 Å². The molecule has 8 atom stereocenters. The Balaban J connectivity index is 1.00. The number of ether oxygens (including phenoxy) is 4. The Morgan fingerprint density at radius 2 is 1.77 bits per heavy atom. The summed E-state index contributed by atoms with van der Waals surface area (Å²) in [6.07, 6.45) is 3.61. The summed E-state index contributed by atoms with van der Waals surface area (Å²) in [5.41, 5.74) is 1.38. The summed E-state index contributed by atoms with van der Waals surface area (Å²) in [7, 11) is 6.54. The first-order chi connectivity index (χ1) is 35.3. The number of likely N-dealkylation sites (N-methyl/N-ethyl adjacent to an activating group) is 1. The molecule has 5 heterocycles. The fraction of sp³-hybridized carbons (Fsp3) is 0.556. The lowest BCUT2D eigenvalue weighted by Crippen LogP contribution is -2.63. The molecule has 0 radical (unpaired) electrons. The minimum Gasteiger partial charge on any atom is -0.493 e. The number of Topliss-reactive ketones (excluding diaryl/α,β-unsaturated/α-hetero) is 1. The molecule has 0 saturated carbocycles. The van der Waals surface area contributed by atoms with E-state index < -0.39 is 65.3 Å². The summed E-state index contributed by atoms with van der Waals surface area (Å²) in [6, 6.07) is 12.9. The Labute approximate surface area is 437 Å². The second-order valence-corrected chi connectivity index (χ2v) is 21.7. The highest BCUT2D eigenvalue weighted by molar-refractivity contribution is 8.03. The summed E-state index contributed by atoms with van der Waals surface area (Å²) < 4.78 is 23.5. The van der Waals surface area contributed by atoms with Gasteiger partial charge in [0, 0.05) is 61.4 Å². The number of carboxylic acids is 1. The Morgan fingerprint density at radius 1 is 1.01 bits per heavy atom. The van der Waals surface area contributed by atoms with Crippen LogP contribution in [0.5, 0.6) is 17.2 Å². The van der Waals surface area contributed by atoms with Crippen LogP contribution in [0.25, 0.3) is 0 Å². The van der Waals surface area contributed by atoms with Gasteiger partial charge >= 0.3 is 11.9 Å². The van der Waals surface area contributed by atoms with Crippen molar-refractivity contribution in [2.45, 2.75) is 122 Å². The molecule has 3 fully saturated rings. The number of thioether (sulfide) groups is 1. The number of β-lactam (4-membered cyclic amide) rings is 1. The number of likely N-dealkylation sites (tertiary alicyclic amines) is 2. The van der Waals surface area contributed by atoms with Gasteiger partial charge in [0.1, 0.15) is 30.2 Å². The highest BCUT2D eigenvalue weighted by Gasteiger charge is 2.60. The van der Waals surface area contributed by atoms with E-state index in [9.17, 15) is 39.0 Å². The van der Waals surface area contributed by atoms with Gasteiger partial charge in [-0.15, -0.1) is 11.8 Å². The molecule has 19 nitrogen and oxygen atoms in total. The number of hydrogen-bond donors (Lipinski definition) is 3. The maximum atomic E-state index is 14.2. The monoisotopic (exact) mass is 1040 g/mol. The average Bonchev–Trinajstić information content (AvgIpc) is 3.89. The SMILES string of the molecule is CCC(C)(C)C(=O)C(=O)N1CCCC[C@H]1C(=O)O[C@H](CCc1ccc(OC)c(OC)c1)c1cccc(OCCNc2nccc(CN3C[C@@H](SC4=C(C(=O)O)N5C(=O)[C@H]([C@@H](C)O)[C@H]5[C@H]4C)C[C@H]3C(=O)N(C)C)n2)c1. The predicted molar refractivity (Wildman–Crippen MR) is 276 cm³/mol. The zero-order valence-electron chi connectivity index (χ0n) is 43.9. The number of nitrogens with zero attached hydrogens (tertiary/aromatic N) is 6. The number of aliphatic hydroxyl groups is 1. The zero-order valence-corrected chi connectivity index (χ0v) is 44.7. The minimum absolute atomic E-state index is 0.0392. The van der Waals surface area contributed by atoms with Crippen LogP contribution in [0, 0.1) is 17.3 Å². The van der Waals surface area contributed by atoms with Crippen molar-refractivity contribution in [1.29, 1.82) is 0 Å². The Bertz CT molecular complexity index is 2610. The topological polar surface area (TPSA) is 231 Å². The molecule has 3 N–H and O–H groups in total. The molecule has 0 unspecified atom stereocenters. The van der Waals surface area contributed by atoms with Gasteiger partial charge in [-0.1, -0.05) is 45.9 Å². The second-order valence-electron chi connectivity index (χ2n) is 20.4. The standard InChI is InChI=1S/C54H71N7O12S/c1-10-54(4,5)47(63)50(66)60-24-12-11-16-38(60)52(69)73-40(19-17-33-18-20-41(70-8)42(26-33)71-9)34-14-13-15-36(27-34)72-25-23-56-53-55-22-21-35(57-53)29-59-30-37(28-39(59)48(64)58(6)7)74-46-31(2)44-43(32(3)62)49(65)61(44)45(46)51(67)68/h13-15,18,20-22,26-27,31-32,37-40,43-44,62H,10-12,16-17,19,23-25,28-30H2,1-9H3,(H,67,68)(H,55,56,57)/t31-,32-,37+,38+,39+,40-,43-,44-/m1/s1. The number of esters is 1. The fourth-order valence-corrected chi connectivity index (χ4v) is 11.8. The number of carbonyl (C=O) groups excluding carboxylic acids is 5. The van der Waals surface area contributed by atoms with Gasteiger partial charge in [0.15, 0.2) is 11.5 Å². The van der Waals surface area contributed by atoms with Crippen molar-refractivity contribution in [3.63, 3.8) is 0 Å². The van der Waals surface area contributed by atoms with Crippen molar-refractivity contribution in [1.82, 2.24) is 29.6 Å². The average molecular weight is 1040 g/mol. The van der Waals surface area contributed by atoms with Gasteiger partial charge < -0.3 is 49.2 Å². The Kier molecular flexibility index (Phi) is 18.0. The third-order valence-corrected chi connectivity index (χ3v) is 16.3. The molecule has 0 bridgehead atoms. The molecule has 0 aliphatic carbocycles. The van der Waals surface area contributed by atoms with E-state index in [0.717, 1.165) is 5.56 Å². The van der Waals surface area contributed by atoms with Crippen molar-refractivity contribution in [2.75, 3.05) is 59.9 Å². The van der Waals surface area contributed by atoms with Gasteiger partial charge in [0.2, 0.25) is 23.5 Å². The van der Waals surface area contributed by atoms with Crippen LogP contribution in [0.4, 0.5) is 5.95 Å². The molecule has 7 rings (SSSR count). The summed E-state index contributed by atoms with van der Waals surface area (Å²) >= 11 is 1.40. The van der Waals surface area contributed by atoms with Crippen LogP contribution in [0.2, 0.25) is 0 Å². The molecular weight excluding hydrogens is 971 g/mol. The molecule has 3 aromatic rings. The first-order valence-electron chi connectivity index (χ1n) is 25.4. The molecule has 2 aromatic carbocycles. The summed E-state index contributed by atoms with van der Waals surface area (Å²) in [5.74, 6) is -2.32. The number of aromatic nitrogens is 2. The fourth-order valence-electron chi connectivity index (χ4n) is 10.3. The van der Waals surface area contributed by atoms with Gasteiger partial charge in [-0.25, -0.2) is 19.6 Å². The number of anilines is 1. The van der Waals surface area contributed by atoms with Crippen molar-refractivity contribution in [2.24, 2.45) is 17.3 Å². The minimum atomic E-state index is -1.19. The van der Waals surface area contributed by atoms with Crippen LogP contribution in [0.1, 0.15) is 96.1 Å². The first kappa shape index (κ1) is 55.5. The zero-order chi connectivity index (χ0) is 53.6. The smallest absolute Gasteiger partial charge is 0.353 e. The number of benzene rings is 2. The number of aliphatic carboxylic acids is 1. The molecule has 20 heteroatoms. The highest BCUT2D eigenvalue weighted by atomic mass is 32.2. The molecule has 3 saturated heterocycles. The molecule has 1 aromatic heterocycles.